The van der Waals surface area contributed by atoms with Gasteiger partial charge in [0.05, 0.1) is 0 Å². The van der Waals surface area contributed by atoms with Gasteiger partial charge in [-0.15, -0.1) is 0 Å². The molecule has 0 aromatic carbocycles. The highest BCUT2D eigenvalue weighted by atomic mass is 19.1. The summed E-state index contributed by atoms with van der Waals surface area (Å²) in [6.45, 7) is 2.21. The van der Waals surface area contributed by atoms with Crippen LogP contribution in [0.2, 0.25) is 0 Å². The molecule has 1 aliphatic heterocycles. The average Bonchev–Trinajstić information content (AvgIpc) is 3.19. The zero-order valence-electron chi connectivity index (χ0n) is 14.3. The minimum absolute atomic E-state index is 0.191. The molecule has 0 spiro atoms. The number of ether oxygens (including phenoxy) is 1. The number of nitrogens with zero attached hydrogens (tertiary/aromatic N) is 4. The maximum Gasteiger partial charge on any atom is 0.316 e. The Kier molecular flexibility index (Phi) is 4.88. The van der Waals surface area contributed by atoms with Gasteiger partial charge in [-0.3, -0.25) is 0 Å². The number of hydrogen-bond acceptors (Lipinski definition) is 5. The number of piperidine rings is 1. The maximum atomic E-state index is 12.9. The van der Waals surface area contributed by atoms with Crippen molar-refractivity contribution in [1.82, 2.24) is 19.9 Å². The molecule has 5 nitrogen and oxygen atoms in total. The summed E-state index contributed by atoms with van der Waals surface area (Å²) in [4.78, 5) is 14.9. The molecule has 0 unspecified atom stereocenters. The third kappa shape index (κ3) is 3.95. The van der Waals surface area contributed by atoms with Crippen molar-refractivity contribution in [2.45, 2.75) is 50.7 Å². The van der Waals surface area contributed by atoms with Crippen LogP contribution in [0.1, 0.15) is 38.5 Å². The predicted octanol–water partition coefficient (Wildman–Crippen LogP) is 3.46. The first-order valence-electron chi connectivity index (χ1n) is 9.12. The number of likely N-dealkylation sites (tertiary alicyclic amines) is 1. The van der Waals surface area contributed by atoms with E-state index in [1.165, 1.54) is 37.9 Å². The van der Waals surface area contributed by atoms with Gasteiger partial charge >= 0.3 is 6.01 Å². The lowest BCUT2D eigenvalue weighted by Gasteiger charge is -2.35. The lowest BCUT2D eigenvalue weighted by atomic mass is 10.0. The number of halogens is 1. The Morgan fingerprint density at radius 2 is 1.56 bits per heavy atom. The van der Waals surface area contributed by atoms with E-state index in [1.54, 1.807) is 18.5 Å². The van der Waals surface area contributed by atoms with E-state index in [4.69, 9.17) is 4.74 Å². The zero-order valence-corrected chi connectivity index (χ0v) is 14.3. The Balaban J connectivity index is 1.32. The van der Waals surface area contributed by atoms with Crippen molar-refractivity contribution in [3.8, 4) is 17.1 Å². The first-order chi connectivity index (χ1) is 12.3. The van der Waals surface area contributed by atoms with E-state index in [1.807, 2.05) is 0 Å². The van der Waals surface area contributed by atoms with Gasteiger partial charge in [0.2, 0.25) is 5.95 Å². The van der Waals surface area contributed by atoms with E-state index >= 15 is 0 Å². The molecule has 1 saturated carbocycles. The molecule has 6 heteroatoms. The fraction of sp³-hybridized carbons (Fsp3) is 0.526. The summed E-state index contributed by atoms with van der Waals surface area (Å²) >= 11 is 0. The van der Waals surface area contributed by atoms with Gasteiger partial charge in [-0.25, -0.2) is 15.0 Å². The molecule has 0 radical (unpaired) electrons. The molecule has 0 atom stereocenters. The molecular weight excluding hydrogens is 319 g/mol. The fourth-order valence-electron chi connectivity index (χ4n) is 3.85. The Hall–Kier alpha value is -2.08. The van der Waals surface area contributed by atoms with Crippen molar-refractivity contribution >= 4 is 0 Å². The van der Waals surface area contributed by atoms with E-state index in [0.717, 1.165) is 43.1 Å². The van der Waals surface area contributed by atoms with E-state index in [2.05, 4.69) is 19.9 Å². The van der Waals surface area contributed by atoms with E-state index in [-0.39, 0.29) is 6.10 Å². The highest BCUT2D eigenvalue weighted by Crippen LogP contribution is 2.27. The molecule has 3 heterocycles. The van der Waals surface area contributed by atoms with E-state index in [9.17, 15) is 4.39 Å². The number of pyridine rings is 1. The molecule has 2 aliphatic rings. The SMILES string of the molecule is Fc1ccc(-c2cnc(OC3CCN(C4CCCC4)CC3)nc2)cn1. The Bertz CT molecular complexity index is 678. The van der Waals surface area contributed by atoms with Crippen LogP contribution in [-0.2, 0) is 0 Å². The summed E-state index contributed by atoms with van der Waals surface area (Å²) in [5.74, 6) is -0.492. The first-order valence-corrected chi connectivity index (χ1v) is 9.12. The van der Waals surface area contributed by atoms with Gasteiger partial charge in [0.25, 0.3) is 0 Å². The fourth-order valence-corrected chi connectivity index (χ4v) is 3.85. The molecular formula is C19H23FN4O. The monoisotopic (exact) mass is 342 g/mol. The standard InChI is InChI=1S/C19H23FN4O/c20-18-6-5-14(11-21-18)15-12-22-19(23-13-15)25-17-7-9-24(10-8-17)16-3-1-2-4-16/h5-6,11-13,16-17H,1-4,7-10H2. The molecule has 0 N–H and O–H groups in total. The van der Waals surface area contributed by atoms with Crippen molar-refractivity contribution in [2.75, 3.05) is 13.1 Å². The molecule has 4 rings (SSSR count). The first kappa shape index (κ1) is 16.4. The molecule has 2 aromatic rings. The summed E-state index contributed by atoms with van der Waals surface area (Å²) in [5, 5.41) is 0. The van der Waals surface area contributed by atoms with Crippen LogP contribution in [0.4, 0.5) is 4.39 Å². The minimum atomic E-state index is -0.492. The Morgan fingerprint density at radius 1 is 0.880 bits per heavy atom. The quantitative estimate of drug-likeness (QED) is 0.797. The smallest absolute Gasteiger partial charge is 0.316 e. The lowest BCUT2D eigenvalue weighted by Crippen LogP contribution is -2.43. The van der Waals surface area contributed by atoms with Gasteiger partial charge in [0.15, 0.2) is 0 Å². The van der Waals surface area contributed by atoms with Crippen molar-refractivity contribution < 1.29 is 9.13 Å². The Morgan fingerprint density at radius 3 is 2.20 bits per heavy atom. The van der Waals surface area contributed by atoms with E-state index in [0.29, 0.717) is 6.01 Å². The zero-order chi connectivity index (χ0) is 17.1. The lowest BCUT2D eigenvalue weighted by molar-refractivity contribution is 0.0710. The van der Waals surface area contributed by atoms with Gasteiger partial charge in [-0.05, 0) is 37.8 Å². The predicted molar refractivity (Wildman–Crippen MR) is 92.7 cm³/mol. The van der Waals surface area contributed by atoms with Crippen LogP contribution in [0.5, 0.6) is 6.01 Å². The second-order valence-electron chi connectivity index (χ2n) is 6.92. The van der Waals surface area contributed by atoms with Gasteiger partial charge in [0, 0.05) is 48.8 Å². The van der Waals surface area contributed by atoms with Crippen molar-refractivity contribution in [3.63, 3.8) is 0 Å². The van der Waals surface area contributed by atoms with Crippen LogP contribution < -0.4 is 4.74 Å². The van der Waals surface area contributed by atoms with Crippen molar-refractivity contribution in [3.05, 3.63) is 36.7 Å². The van der Waals surface area contributed by atoms with Crippen molar-refractivity contribution in [2.24, 2.45) is 0 Å². The average molecular weight is 342 g/mol. The van der Waals surface area contributed by atoms with E-state index < -0.39 is 5.95 Å². The third-order valence-electron chi connectivity index (χ3n) is 5.28. The molecule has 0 bridgehead atoms. The van der Waals surface area contributed by atoms with Crippen LogP contribution in [0.15, 0.2) is 30.7 Å². The summed E-state index contributed by atoms with van der Waals surface area (Å²) in [5.41, 5.74) is 1.59. The van der Waals surface area contributed by atoms with Crippen molar-refractivity contribution in [1.29, 1.82) is 0 Å². The van der Waals surface area contributed by atoms with Crippen LogP contribution in [-0.4, -0.2) is 45.1 Å². The largest absolute Gasteiger partial charge is 0.460 e. The number of hydrogen-bond donors (Lipinski definition) is 0. The number of rotatable bonds is 4. The van der Waals surface area contributed by atoms with Crippen LogP contribution in [0.3, 0.4) is 0 Å². The second-order valence-corrected chi connectivity index (χ2v) is 6.92. The van der Waals surface area contributed by atoms with Crippen LogP contribution >= 0.6 is 0 Å². The summed E-state index contributed by atoms with van der Waals surface area (Å²) in [6, 6.07) is 4.21. The molecule has 0 amide bonds. The Labute approximate surface area is 147 Å². The highest BCUT2D eigenvalue weighted by molar-refractivity contribution is 5.59. The normalized spacial score (nSPS) is 20.0. The molecule has 2 aromatic heterocycles. The summed E-state index contributed by atoms with van der Waals surface area (Å²) < 4.78 is 18.8. The molecule has 1 aliphatic carbocycles. The topological polar surface area (TPSA) is 51.1 Å². The summed E-state index contributed by atoms with van der Waals surface area (Å²) in [7, 11) is 0. The van der Waals surface area contributed by atoms with Crippen LogP contribution in [0.25, 0.3) is 11.1 Å². The molecule has 2 fully saturated rings. The molecule has 1 saturated heterocycles. The van der Waals surface area contributed by atoms with Gasteiger partial charge in [0.1, 0.15) is 6.10 Å². The highest BCUT2D eigenvalue weighted by Gasteiger charge is 2.28. The van der Waals surface area contributed by atoms with Crippen LogP contribution in [0, 0.1) is 5.95 Å². The molecule has 132 valence electrons. The molecule has 25 heavy (non-hydrogen) atoms. The minimum Gasteiger partial charge on any atom is -0.460 e. The summed E-state index contributed by atoms with van der Waals surface area (Å²) in [6.07, 6.45) is 12.6. The van der Waals surface area contributed by atoms with Gasteiger partial charge < -0.3 is 9.64 Å². The van der Waals surface area contributed by atoms with Gasteiger partial charge in [-0.2, -0.15) is 4.39 Å². The third-order valence-corrected chi connectivity index (χ3v) is 5.28. The maximum absolute atomic E-state index is 12.9. The number of aromatic nitrogens is 3. The van der Waals surface area contributed by atoms with Gasteiger partial charge in [-0.1, -0.05) is 12.8 Å². The second kappa shape index (κ2) is 7.44.